The quantitative estimate of drug-likeness (QED) is 0.794. The van der Waals surface area contributed by atoms with Gasteiger partial charge < -0.3 is 19.3 Å². The standard InChI is InChI=1S/C12H20O5/c1-6-9(3)7-12(14)11(5,15-9)16-10(4,17-12)8(2)13/h14H,6-7H2,1-5H3/t9-,10+,11-,12+/m1/s1. The molecule has 4 atom stereocenters. The Balaban J connectivity index is 2.33. The fourth-order valence-corrected chi connectivity index (χ4v) is 2.54. The lowest BCUT2D eigenvalue weighted by atomic mass is 9.95. The molecule has 5 nitrogen and oxygen atoms in total. The van der Waals surface area contributed by atoms with E-state index in [2.05, 4.69) is 0 Å². The Morgan fingerprint density at radius 3 is 2.24 bits per heavy atom. The predicted molar refractivity (Wildman–Crippen MR) is 59.0 cm³/mol. The number of rotatable bonds is 2. The molecule has 0 radical (unpaired) electrons. The Hall–Kier alpha value is -0.490. The summed E-state index contributed by atoms with van der Waals surface area (Å²) in [7, 11) is 0. The highest BCUT2D eigenvalue weighted by Gasteiger charge is 2.72. The van der Waals surface area contributed by atoms with Crippen molar-refractivity contribution in [3.63, 3.8) is 0 Å². The van der Waals surface area contributed by atoms with E-state index in [0.717, 1.165) is 6.42 Å². The molecule has 2 rings (SSSR count). The number of carbonyl (C=O) groups is 1. The van der Waals surface area contributed by atoms with E-state index in [-0.39, 0.29) is 12.2 Å². The zero-order valence-electron chi connectivity index (χ0n) is 11.0. The summed E-state index contributed by atoms with van der Waals surface area (Å²) in [5, 5.41) is 10.5. The molecule has 1 N–H and O–H groups in total. The second-order valence-electron chi connectivity index (χ2n) is 5.52. The molecule has 0 aromatic rings. The van der Waals surface area contributed by atoms with Crippen LogP contribution in [0.25, 0.3) is 0 Å². The average Bonchev–Trinajstić information content (AvgIpc) is 2.44. The van der Waals surface area contributed by atoms with Gasteiger partial charge in [-0.05, 0) is 27.2 Å². The van der Waals surface area contributed by atoms with Gasteiger partial charge in [0.15, 0.2) is 5.78 Å². The van der Waals surface area contributed by atoms with E-state index in [1.807, 2.05) is 13.8 Å². The number of Topliss-reactive ketones (excluding diaryl/α,β-unsaturated/α-hetero) is 1. The molecule has 0 bridgehead atoms. The molecule has 2 aliphatic heterocycles. The van der Waals surface area contributed by atoms with Crippen molar-refractivity contribution in [1.82, 2.24) is 0 Å². The number of ether oxygens (including phenoxy) is 3. The van der Waals surface area contributed by atoms with Gasteiger partial charge in [0, 0.05) is 13.3 Å². The number of hydrogen-bond donors (Lipinski definition) is 1. The summed E-state index contributed by atoms with van der Waals surface area (Å²) in [6.45, 7) is 8.35. The lowest BCUT2D eigenvalue weighted by molar-refractivity contribution is -0.275. The third-order valence-corrected chi connectivity index (χ3v) is 3.90. The van der Waals surface area contributed by atoms with Crippen molar-refractivity contribution in [2.24, 2.45) is 0 Å². The van der Waals surface area contributed by atoms with Crippen LogP contribution in [-0.2, 0) is 19.0 Å². The van der Waals surface area contributed by atoms with E-state index in [9.17, 15) is 9.90 Å². The average molecular weight is 244 g/mol. The summed E-state index contributed by atoms with van der Waals surface area (Å²) < 4.78 is 16.9. The van der Waals surface area contributed by atoms with Gasteiger partial charge in [0.05, 0.1) is 5.60 Å². The molecule has 2 heterocycles. The van der Waals surface area contributed by atoms with E-state index in [1.54, 1.807) is 6.92 Å². The smallest absolute Gasteiger partial charge is 0.231 e. The second-order valence-corrected chi connectivity index (χ2v) is 5.52. The van der Waals surface area contributed by atoms with Crippen LogP contribution in [-0.4, -0.2) is 33.9 Å². The van der Waals surface area contributed by atoms with E-state index >= 15 is 0 Å². The van der Waals surface area contributed by atoms with Crippen molar-refractivity contribution in [2.45, 2.75) is 70.4 Å². The Kier molecular flexibility index (Phi) is 2.51. The molecule has 0 spiro atoms. The normalized spacial score (nSPS) is 53.8. The summed E-state index contributed by atoms with van der Waals surface area (Å²) in [5.74, 6) is -4.59. The van der Waals surface area contributed by atoms with Gasteiger partial charge in [-0.3, -0.25) is 4.79 Å². The zero-order chi connectivity index (χ0) is 13.1. The van der Waals surface area contributed by atoms with Crippen LogP contribution in [0.2, 0.25) is 0 Å². The number of aliphatic hydroxyl groups is 1. The van der Waals surface area contributed by atoms with Gasteiger partial charge in [0.1, 0.15) is 0 Å². The first-order valence-electron chi connectivity index (χ1n) is 5.92. The van der Waals surface area contributed by atoms with Crippen LogP contribution in [0.15, 0.2) is 0 Å². The van der Waals surface area contributed by atoms with Crippen molar-refractivity contribution in [1.29, 1.82) is 0 Å². The highest BCUT2D eigenvalue weighted by atomic mass is 16.9. The molecular formula is C12H20O5. The van der Waals surface area contributed by atoms with E-state index in [0.29, 0.717) is 0 Å². The van der Waals surface area contributed by atoms with E-state index in [4.69, 9.17) is 14.2 Å². The molecule has 98 valence electrons. The molecule has 0 aromatic carbocycles. The van der Waals surface area contributed by atoms with Crippen LogP contribution in [0.4, 0.5) is 0 Å². The van der Waals surface area contributed by atoms with Gasteiger partial charge in [-0.1, -0.05) is 6.92 Å². The third kappa shape index (κ3) is 1.64. The summed E-state index contributed by atoms with van der Waals surface area (Å²) in [6.07, 6.45) is 1.02. The van der Waals surface area contributed by atoms with Crippen LogP contribution < -0.4 is 0 Å². The Morgan fingerprint density at radius 2 is 1.82 bits per heavy atom. The van der Waals surface area contributed by atoms with Gasteiger partial charge in [-0.2, -0.15) is 0 Å². The number of hydrogen-bond acceptors (Lipinski definition) is 5. The SMILES string of the molecule is CC[C@]1(C)C[C@]2(O)O[C@@](C)(C(C)=O)O[C@@]2(C)O1. The second kappa shape index (κ2) is 3.29. The van der Waals surface area contributed by atoms with Crippen LogP contribution in [0.3, 0.4) is 0 Å². The molecule has 0 aromatic heterocycles. The van der Waals surface area contributed by atoms with Gasteiger partial charge in [0.25, 0.3) is 0 Å². The number of ketones is 1. The van der Waals surface area contributed by atoms with Crippen LogP contribution >= 0.6 is 0 Å². The van der Waals surface area contributed by atoms with Gasteiger partial charge in [-0.25, -0.2) is 0 Å². The van der Waals surface area contributed by atoms with Gasteiger partial charge in [-0.15, -0.1) is 0 Å². The third-order valence-electron chi connectivity index (χ3n) is 3.90. The van der Waals surface area contributed by atoms with Gasteiger partial charge in [0.2, 0.25) is 17.4 Å². The van der Waals surface area contributed by atoms with E-state index in [1.165, 1.54) is 13.8 Å². The molecule has 0 aliphatic carbocycles. The minimum atomic E-state index is -1.57. The summed E-state index contributed by atoms with van der Waals surface area (Å²) in [6, 6.07) is 0. The fraction of sp³-hybridized carbons (Fsp3) is 0.917. The molecule has 0 amide bonds. The first-order chi connectivity index (χ1) is 7.58. The van der Waals surface area contributed by atoms with Crippen molar-refractivity contribution in [3.8, 4) is 0 Å². The number of fused-ring (bicyclic) bond motifs is 1. The van der Waals surface area contributed by atoms with Crippen LogP contribution in [0.5, 0.6) is 0 Å². The van der Waals surface area contributed by atoms with Crippen molar-refractivity contribution in [3.05, 3.63) is 0 Å². The predicted octanol–water partition coefficient (Wildman–Crippen LogP) is 1.33. The first kappa shape index (κ1) is 13.0. The topological polar surface area (TPSA) is 65.0 Å². The minimum Gasteiger partial charge on any atom is -0.361 e. The van der Waals surface area contributed by atoms with E-state index < -0.39 is 23.0 Å². The summed E-state index contributed by atoms with van der Waals surface area (Å²) in [5.41, 5.74) is -0.498. The Labute approximate surface area is 101 Å². The Bertz CT molecular complexity index is 346. The summed E-state index contributed by atoms with van der Waals surface area (Å²) >= 11 is 0. The molecule has 0 saturated carbocycles. The molecule has 2 saturated heterocycles. The maximum absolute atomic E-state index is 11.5. The molecule has 2 fully saturated rings. The molecule has 5 heteroatoms. The van der Waals surface area contributed by atoms with Crippen molar-refractivity contribution in [2.75, 3.05) is 0 Å². The fourth-order valence-electron chi connectivity index (χ4n) is 2.54. The molecule has 2 aliphatic rings. The summed E-state index contributed by atoms with van der Waals surface area (Å²) in [4.78, 5) is 11.5. The maximum Gasteiger partial charge on any atom is 0.231 e. The van der Waals surface area contributed by atoms with Crippen molar-refractivity contribution >= 4 is 5.78 Å². The Morgan fingerprint density at radius 1 is 1.24 bits per heavy atom. The highest BCUT2D eigenvalue weighted by Crippen LogP contribution is 2.55. The van der Waals surface area contributed by atoms with Crippen LogP contribution in [0.1, 0.15) is 47.5 Å². The monoisotopic (exact) mass is 244 g/mol. The highest BCUT2D eigenvalue weighted by molar-refractivity contribution is 5.83. The first-order valence-corrected chi connectivity index (χ1v) is 5.92. The van der Waals surface area contributed by atoms with Gasteiger partial charge >= 0.3 is 0 Å². The largest absolute Gasteiger partial charge is 0.361 e. The zero-order valence-corrected chi connectivity index (χ0v) is 11.0. The lowest BCUT2D eigenvalue weighted by Crippen LogP contribution is -2.45. The molecule has 17 heavy (non-hydrogen) atoms. The van der Waals surface area contributed by atoms with Crippen LogP contribution in [0, 0.1) is 0 Å². The number of carbonyl (C=O) groups excluding carboxylic acids is 1. The minimum absolute atomic E-state index is 0.288. The molecule has 0 unspecified atom stereocenters. The molecular weight excluding hydrogens is 224 g/mol. The lowest BCUT2D eigenvalue weighted by Gasteiger charge is -2.30. The van der Waals surface area contributed by atoms with Crippen molar-refractivity contribution < 1.29 is 24.1 Å². The maximum atomic E-state index is 11.5.